The molecule has 0 bridgehead atoms. The summed E-state index contributed by atoms with van der Waals surface area (Å²) in [5.74, 6) is 2.95. The average molecular weight is 298 g/mol. The number of amides is 1. The Bertz CT molecular complexity index is 277. The number of carbonyl (C=O) groups is 1. The molecule has 0 aliphatic rings. The summed E-state index contributed by atoms with van der Waals surface area (Å²) in [6.07, 6.45) is 7.35. The van der Waals surface area contributed by atoms with Gasteiger partial charge in [-0.3, -0.25) is 4.79 Å². The summed E-state index contributed by atoms with van der Waals surface area (Å²) in [6, 6.07) is 0.338. The lowest BCUT2D eigenvalue weighted by molar-refractivity contribution is -0.119. The number of hydrogen-bond acceptors (Lipinski definition) is 1. The topological polar surface area (TPSA) is 29.1 Å². The van der Waals surface area contributed by atoms with Gasteiger partial charge in [-0.15, -0.1) is 0 Å². The van der Waals surface area contributed by atoms with Crippen molar-refractivity contribution in [3.63, 3.8) is 0 Å². The Hall–Kier alpha value is -0.530. The lowest BCUT2D eigenvalue weighted by Crippen LogP contribution is -2.37. The van der Waals surface area contributed by atoms with E-state index in [4.69, 9.17) is 0 Å². The quantitative estimate of drug-likeness (QED) is 0.542. The Morgan fingerprint density at radius 2 is 1.43 bits per heavy atom. The van der Waals surface area contributed by atoms with E-state index < -0.39 is 0 Å². The van der Waals surface area contributed by atoms with Crippen LogP contribution in [0.3, 0.4) is 0 Å². The molecule has 0 heterocycles. The predicted octanol–water partition coefficient (Wildman–Crippen LogP) is 5.42. The van der Waals surface area contributed by atoms with Gasteiger partial charge in [0.05, 0.1) is 0 Å². The Balaban J connectivity index is 4.50. The van der Waals surface area contributed by atoms with Gasteiger partial charge in [-0.2, -0.15) is 0 Å². The molecule has 0 radical (unpaired) electrons. The van der Waals surface area contributed by atoms with Crippen LogP contribution in [0.2, 0.25) is 0 Å². The van der Waals surface area contributed by atoms with E-state index in [-0.39, 0.29) is 5.91 Å². The molecule has 0 aliphatic heterocycles. The molecule has 0 spiro atoms. The first kappa shape index (κ1) is 20.5. The van der Waals surface area contributed by atoms with Crippen LogP contribution in [0.4, 0.5) is 0 Å². The van der Waals surface area contributed by atoms with Crippen molar-refractivity contribution < 1.29 is 4.79 Å². The predicted molar refractivity (Wildman–Crippen MR) is 93.3 cm³/mol. The molecule has 2 nitrogen and oxygen atoms in total. The zero-order chi connectivity index (χ0) is 16.4. The van der Waals surface area contributed by atoms with Crippen molar-refractivity contribution in [2.24, 2.45) is 23.7 Å². The van der Waals surface area contributed by atoms with Gasteiger partial charge in [-0.25, -0.2) is 0 Å². The number of unbranched alkanes of at least 4 members (excludes halogenated alkanes) is 1. The maximum atomic E-state index is 11.5. The molecule has 1 amide bonds. The fraction of sp³-hybridized carbons (Fsp3) is 0.947. The highest BCUT2D eigenvalue weighted by Crippen LogP contribution is 2.26. The van der Waals surface area contributed by atoms with Crippen molar-refractivity contribution in [2.45, 2.75) is 93.0 Å². The minimum atomic E-state index is 0.116. The van der Waals surface area contributed by atoms with Crippen molar-refractivity contribution in [2.75, 3.05) is 0 Å². The van der Waals surface area contributed by atoms with Gasteiger partial charge in [-0.1, -0.05) is 67.2 Å². The third-order valence-electron chi connectivity index (χ3n) is 5.32. The van der Waals surface area contributed by atoms with Gasteiger partial charge in [0.25, 0.3) is 0 Å². The summed E-state index contributed by atoms with van der Waals surface area (Å²) in [5, 5.41) is 3.19. The summed E-state index contributed by atoms with van der Waals surface area (Å²) in [4.78, 5) is 11.5. The molecule has 0 aliphatic carbocycles. The molecular formula is C19H39NO. The van der Waals surface area contributed by atoms with Crippen molar-refractivity contribution in [3.8, 4) is 0 Å². The van der Waals surface area contributed by atoms with E-state index in [0.29, 0.717) is 17.9 Å². The normalized spacial score (nSPS) is 18.6. The smallest absolute Gasteiger partial charge is 0.217 e. The molecule has 0 aromatic carbocycles. The molecule has 126 valence electrons. The van der Waals surface area contributed by atoms with E-state index in [9.17, 15) is 4.79 Å². The first-order valence-corrected chi connectivity index (χ1v) is 9.08. The molecule has 0 aromatic heterocycles. The van der Waals surface area contributed by atoms with Gasteiger partial charge in [0.15, 0.2) is 0 Å². The summed E-state index contributed by atoms with van der Waals surface area (Å²) >= 11 is 0. The van der Waals surface area contributed by atoms with Gasteiger partial charge in [0.2, 0.25) is 5.91 Å². The number of rotatable bonds is 11. The van der Waals surface area contributed by atoms with Crippen LogP contribution in [-0.2, 0) is 4.79 Å². The second-order valence-corrected chi connectivity index (χ2v) is 7.33. The Kier molecular flexibility index (Phi) is 10.8. The van der Waals surface area contributed by atoms with E-state index in [1.54, 1.807) is 6.92 Å². The zero-order valence-corrected chi connectivity index (χ0v) is 15.5. The van der Waals surface area contributed by atoms with Crippen LogP contribution in [0.15, 0.2) is 0 Å². The summed E-state index contributed by atoms with van der Waals surface area (Å²) < 4.78 is 0. The zero-order valence-electron chi connectivity index (χ0n) is 15.5. The third-order valence-corrected chi connectivity index (χ3v) is 5.32. The van der Waals surface area contributed by atoms with Crippen LogP contribution >= 0.6 is 0 Å². The number of nitrogens with one attached hydrogen (secondary N) is 1. The molecule has 5 unspecified atom stereocenters. The first-order valence-electron chi connectivity index (χ1n) is 9.08. The Labute approximate surface area is 133 Å². The van der Waals surface area contributed by atoms with Crippen molar-refractivity contribution in [3.05, 3.63) is 0 Å². The van der Waals surface area contributed by atoms with Gasteiger partial charge in [0.1, 0.15) is 0 Å². The highest BCUT2D eigenvalue weighted by Gasteiger charge is 2.22. The van der Waals surface area contributed by atoms with Crippen LogP contribution in [0.5, 0.6) is 0 Å². The van der Waals surface area contributed by atoms with E-state index in [1.165, 1.54) is 25.7 Å². The van der Waals surface area contributed by atoms with Gasteiger partial charge >= 0.3 is 0 Å². The lowest BCUT2D eigenvalue weighted by Gasteiger charge is -2.29. The average Bonchev–Trinajstić information content (AvgIpc) is 2.42. The van der Waals surface area contributed by atoms with Crippen LogP contribution in [-0.4, -0.2) is 11.9 Å². The highest BCUT2D eigenvalue weighted by atomic mass is 16.1. The van der Waals surface area contributed by atoms with E-state index in [2.05, 4.69) is 46.9 Å². The van der Waals surface area contributed by atoms with E-state index >= 15 is 0 Å². The van der Waals surface area contributed by atoms with Crippen LogP contribution in [0.25, 0.3) is 0 Å². The van der Waals surface area contributed by atoms with Crippen LogP contribution in [0.1, 0.15) is 87.0 Å². The molecule has 0 aromatic rings. The highest BCUT2D eigenvalue weighted by molar-refractivity contribution is 5.73. The van der Waals surface area contributed by atoms with Gasteiger partial charge in [-0.05, 0) is 36.5 Å². The van der Waals surface area contributed by atoms with Crippen LogP contribution in [0, 0.1) is 23.7 Å². The standard InChI is InChI=1S/C19H39NO/c1-8-10-11-15(4)17(6)13-19(20-18(7)21)12-16(5)14(3)9-2/h14-17,19H,8-13H2,1-7H3,(H,20,21). The largest absolute Gasteiger partial charge is 0.354 e. The second kappa shape index (κ2) is 11.1. The minimum Gasteiger partial charge on any atom is -0.354 e. The number of carbonyl (C=O) groups excluding carboxylic acids is 1. The van der Waals surface area contributed by atoms with E-state index in [1.807, 2.05) is 0 Å². The maximum absolute atomic E-state index is 11.5. The summed E-state index contributed by atoms with van der Waals surface area (Å²) in [5.41, 5.74) is 0. The fourth-order valence-electron chi connectivity index (χ4n) is 3.08. The van der Waals surface area contributed by atoms with Crippen LogP contribution < -0.4 is 5.32 Å². The SMILES string of the molecule is CCCCC(C)C(C)CC(CC(C)C(C)CC)NC(C)=O. The molecular weight excluding hydrogens is 258 g/mol. The Morgan fingerprint density at radius 1 is 0.905 bits per heavy atom. The number of hydrogen-bond donors (Lipinski definition) is 1. The molecule has 0 saturated carbocycles. The molecule has 0 saturated heterocycles. The lowest BCUT2D eigenvalue weighted by atomic mass is 9.81. The Morgan fingerprint density at radius 3 is 1.86 bits per heavy atom. The molecule has 1 N–H and O–H groups in total. The van der Waals surface area contributed by atoms with Crippen molar-refractivity contribution in [1.82, 2.24) is 5.32 Å². The van der Waals surface area contributed by atoms with Crippen molar-refractivity contribution >= 4 is 5.91 Å². The first-order chi connectivity index (χ1) is 9.81. The monoisotopic (exact) mass is 297 g/mol. The molecule has 2 heteroatoms. The summed E-state index contributed by atoms with van der Waals surface area (Å²) in [6.45, 7) is 15.5. The van der Waals surface area contributed by atoms with E-state index in [0.717, 1.165) is 24.7 Å². The molecule has 5 atom stereocenters. The minimum absolute atomic E-state index is 0.116. The summed E-state index contributed by atoms with van der Waals surface area (Å²) in [7, 11) is 0. The molecule has 21 heavy (non-hydrogen) atoms. The third kappa shape index (κ3) is 9.16. The van der Waals surface area contributed by atoms with Gasteiger partial charge in [0, 0.05) is 13.0 Å². The second-order valence-electron chi connectivity index (χ2n) is 7.33. The molecule has 0 fully saturated rings. The van der Waals surface area contributed by atoms with Gasteiger partial charge < -0.3 is 5.32 Å². The fourth-order valence-corrected chi connectivity index (χ4v) is 3.08. The maximum Gasteiger partial charge on any atom is 0.217 e. The van der Waals surface area contributed by atoms with Crippen molar-refractivity contribution in [1.29, 1.82) is 0 Å². The molecule has 0 rings (SSSR count).